The average molecular weight is 895 g/mol. The third-order valence-corrected chi connectivity index (χ3v) is 11.1. The van der Waals surface area contributed by atoms with Crippen molar-refractivity contribution in [3.8, 4) is 0 Å². The molecule has 2 amide bonds. The van der Waals surface area contributed by atoms with E-state index in [-0.39, 0.29) is 0 Å². The van der Waals surface area contributed by atoms with Crippen LogP contribution in [0.4, 0.5) is 0 Å². The van der Waals surface area contributed by atoms with Gasteiger partial charge in [-0.05, 0) is 6.92 Å². The molecule has 5 fully saturated rings. The fourth-order valence-corrected chi connectivity index (χ4v) is 7.66. The lowest BCUT2D eigenvalue weighted by Gasteiger charge is -2.49. The van der Waals surface area contributed by atoms with Gasteiger partial charge in [0.2, 0.25) is 11.8 Å². The van der Waals surface area contributed by atoms with Gasteiger partial charge in [-0.25, -0.2) is 0 Å². The Morgan fingerprint density at radius 2 is 0.934 bits per heavy atom. The van der Waals surface area contributed by atoms with Crippen LogP contribution in [0, 0.1) is 0 Å². The lowest BCUT2D eigenvalue weighted by atomic mass is 9.94. The molecule has 27 heteroatoms. The van der Waals surface area contributed by atoms with Crippen LogP contribution in [0.1, 0.15) is 20.8 Å². The van der Waals surface area contributed by atoms with Crippen molar-refractivity contribution in [1.82, 2.24) is 10.6 Å². The quantitative estimate of drug-likeness (QED) is 0.0770. The van der Waals surface area contributed by atoms with E-state index in [0.717, 1.165) is 13.8 Å². The van der Waals surface area contributed by atoms with E-state index in [9.17, 15) is 81.1 Å². The van der Waals surface area contributed by atoms with Crippen LogP contribution in [-0.4, -0.2) is 263 Å². The molecular weight excluding hydrogens is 836 g/mol. The topological polar surface area (TPSA) is 424 Å². The molecule has 0 aromatic heterocycles. The van der Waals surface area contributed by atoms with Crippen LogP contribution in [0.25, 0.3) is 0 Å². The van der Waals surface area contributed by atoms with Gasteiger partial charge in [0, 0.05) is 13.8 Å². The molecule has 5 saturated heterocycles. The normalized spacial score (nSPS) is 49.6. The number of aliphatic hydroxyl groups is 14. The molecule has 61 heavy (non-hydrogen) atoms. The largest absolute Gasteiger partial charge is 0.394 e. The summed E-state index contributed by atoms with van der Waals surface area (Å²) in [4.78, 5) is 24.4. The highest BCUT2D eigenvalue weighted by Gasteiger charge is 2.56. The van der Waals surface area contributed by atoms with Gasteiger partial charge in [0.1, 0.15) is 116 Å². The van der Waals surface area contributed by atoms with Crippen molar-refractivity contribution < 1.29 is 124 Å². The molecule has 16 N–H and O–H groups in total. The van der Waals surface area contributed by atoms with Crippen molar-refractivity contribution in [2.75, 3.05) is 26.4 Å². The van der Waals surface area contributed by atoms with E-state index >= 15 is 0 Å². The van der Waals surface area contributed by atoms with Crippen molar-refractivity contribution in [2.24, 2.45) is 0 Å². The highest BCUT2D eigenvalue weighted by molar-refractivity contribution is 5.73. The SMILES string of the molecule is CC(=O)N[C@H]1C(OC[C@H]2OC(O)[C@H](NC(C)=O)[C@@H](OC3O[C@H](CO)[C@H](O)[C@H](O)[C@H]3O)[C@H]2O)O[C@H](CO)[C@@H](OC2O[C@H](CO)[C@H](O)[C@H](O)[C@H]2OC2O[C@@H](C)[C@@H](O)[C@@H](O)[C@@H]2O)[C@@H]1O. The predicted octanol–water partition coefficient (Wildman–Crippen LogP) is -10.6. The maximum absolute atomic E-state index is 12.4. The molecule has 5 aliphatic heterocycles. The zero-order chi connectivity index (χ0) is 45.2. The summed E-state index contributed by atoms with van der Waals surface area (Å²) in [7, 11) is 0. The van der Waals surface area contributed by atoms with Gasteiger partial charge >= 0.3 is 0 Å². The van der Waals surface area contributed by atoms with Crippen LogP contribution in [0.2, 0.25) is 0 Å². The number of carbonyl (C=O) groups excluding carboxylic acids is 2. The molecule has 5 rings (SSSR count). The standard InChI is InChI=1S/C34H58N2O25/c1-8-17(42)22(47)25(50)32(54-8)61-29-24(49)19(44)12(5-38)57-34(29)59-27-13(6-39)58-31(15(21(27)46)35-9(2)40)53-7-14-20(45)28(16(30(52)55-14)36-10(3)41)60-33-26(51)23(48)18(43)11(4-37)56-33/h8,11-34,37-39,42-52H,4-7H2,1-3H3,(H,35,40)(H,36,41)/t8-,11+,12+,13+,14+,15+,16+,17+,18-,19-,20-,21+,22+,23-,24-,25-,26+,27+,28+,29+,30?,31?,32?,33?,34?/m0/s1. The second-order valence-corrected chi connectivity index (χ2v) is 15.4. The molecule has 27 nitrogen and oxygen atoms in total. The van der Waals surface area contributed by atoms with Crippen molar-refractivity contribution in [1.29, 1.82) is 0 Å². The van der Waals surface area contributed by atoms with Crippen LogP contribution < -0.4 is 10.6 Å². The first-order valence-electron chi connectivity index (χ1n) is 19.4. The highest BCUT2D eigenvalue weighted by Crippen LogP contribution is 2.34. The Balaban J connectivity index is 1.34. The van der Waals surface area contributed by atoms with Crippen LogP contribution in [0.15, 0.2) is 0 Å². The first-order chi connectivity index (χ1) is 28.7. The fourth-order valence-electron chi connectivity index (χ4n) is 7.66. The number of nitrogens with one attached hydrogen (secondary N) is 2. The van der Waals surface area contributed by atoms with Crippen LogP contribution in [-0.2, 0) is 52.2 Å². The summed E-state index contributed by atoms with van der Waals surface area (Å²) in [6.45, 7) is 0.0649. The Morgan fingerprint density at radius 3 is 1.51 bits per heavy atom. The van der Waals surface area contributed by atoms with Gasteiger partial charge in [-0.2, -0.15) is 0 Å². The minimum absolute atomic E-state index is 0.728. The second kappa shape index (κ2) is 21.3. The number of rotatable bonds is 14. The van der Waals surface area contributed by atoms with E-state index in [2.05, 4.69) is 10.6 Å². The number of amides is 2. The summed E-state index contributed by atoms with van der Waals surface area (Å²) < 4.78 is 51.1. The van der Waals surface area contributed by atoms with Gasteiger partial charge in [-0.15, -0.1) is 0 Å². The van der Waals surface area contributed by atoms with Gasteiger partial charge in [-0.3, -0.25) is 9.59 Å². The molecule has 0 radical (unpaired) electrons. The summed E-state index contributed by atoms with van der Waals surface area (Å²) in [6, 6.07) is -3.15. The lowest BCUT2D eigenvalue weighted by molar-refractivity contribution is -0.383. The smallest absolute Gasteiger partial charge is 0.217 e. The molecule has 0 saturated carbocycles. The molecule has 25 atom stereocenters. The molecule has 0 spiro atoms. The van der Waals surface area contributed by atoms with E-state index in [4.69, 9.17) is 42.6 Å². The first kappa shape index (κ1) is 50.0. The Labute approximate surface area is 346 Å². The Bertz CT molecular complexity index is 1420. The van der Waals surface area contributed by atoms with Crippen molar-refractivity contribution in [3.63, 3.8) is 0 Å². The number of carbonyl (C=O) groups is 2. The van der Waals surface area contributed by atoms with Gasteiger partial charge in [0.15, 0.2) is 31.5 Å². The molecule has 5 unspecified atom stereocenters. The Kier molecular flexibility index (Phi) is 17.5. The fraction of sp³-hybridized carbons (Fsp3) is 0.941. The molecule has 0 aromatic rings. The summed E-state index contributed by atoms with van der Waals surface area (Å²) >= 11 is 0. The van der Waals surface area contributed by atoms with E-state index < -0.39 is 192 Å². The summed E-state index contributed by atoms with van der Waals surface area (Å²) in [5, 5.41) is 152. The van der Waals surface area contributed by atoms with Gasteiger partial charge in [-0.1, -0.05) is 0 Å². The molecule has 354 valence electrons. The molecule has 0 aromatic carbocycles. The number of ether oxygens (including phenoxy) is 9. The van der Waals surface area contributed by atoms with Gasteiger partial charge < -0.3 is 125 Å². The number of hydrogen-bond acceptors (Lipinski definition) is 25. The molecule has 0 bridgehead atoms. The van der Waals surface area contributed by atoms with Crippen molar-refractivity contribution in [3.05, 3.63) is 0 Å². The maximum atomic E-state index is 12.4. The summed E-state index contributed by atoms with van der Waals surface area (Å²) in [5.74, 6) is -1.49. The summed E-state index contributed by atoms with van der Waals surface area (Å²) in [6.07, 6.45) is -40.1. The number of hydrogen-bond donors (Lipinski definition) is 16. The van der Waals surface area contributed by atoms with Crippen LogP contribution >= 0.6 is 0 Å². The highest BCUT2D eigenvalue weighted by atomic mass is 16.8. The number of aliphatic hydroxyl groups excluding tert-OH is 14. The zero-order valence-electron chi connectivity index (χ0n) is 33.0. The first-order valence-corrected chi connectivity index (χ1v) is 19.4. The second-order valence-electron chi connectivity index (χ2n) is 15.4. The van der Waals surface area contributed by atoms with Crippen LogP contribution in [0.3, 0.4) is 0 Å². The zero-order valence-corrected chi connectivity index (χ0v) is 33.0. The molecular formula is C34H58N2O25. The Hall–Kier alpha value is -1.98. The van der Waals surface area contributed by atoms with Crippen LogP contribution in [0.5, 0.6) is 0 Å². The van der Waals surface area contributed by atoms with E-state index in [0.29, 0.717) is 0 Å². The van der Waals surface area contributed by atoms with E-state index in [1.807, 2.05) is 0 Å². The third kappa shape index (κ3) is 10.9. The summed E-state index contributed by atoms with van der Waals surface area (Å²) in [5.41, 5.74) is 0. The Morgan fingerprint density at radius 1 is 0.459 bits per heavy atom. The van der Waals surface area contributed by atoms with E-state index in [1.165, 1.54) is 6.92 Å². The van der Waals surface area contributed by atoms with Crippen molar-refractivity contribution >= 4 is 11.8 Å². The predicted molar refractivity (Wildman–Crippen MR) is 188 cm³/mol. The van der Waals surface area contributed by atoms with Gasteiger partial charge in [0.25, 0.3) is 0 Å². The maximum Gasteiger partial charge on any atom is 0.217 e. The van der Waals surface area contributed by atoms with Crippen molar-refractivity contribution in [2.45, 2.75) is 174 Å². The minimum Gasteiger partial charge on any atom is -0.394 e. The average Bonchev–Trinajstić information content (AvgIpc) is 3.21. The minimum atomic E-state index is -1.96. The third-order valence-electron chi connectivity index (χ3n) is 11.1. The molecule has 0 aliphatic carbocycles. The van der Waals surface area contributed by atoms with E-state index in [1.54, 1.807) is 0 Å². The van der Waals surface area contributed by atoms with Gasteiger partial charge in [0.05, 0.1) is 32.5 Å². The monoisotopic (exact) mass is 894 g/mol. The lowest BCUT2D eigenvalue weighted by Crippen LogP contribution is -2.69. The molecule has 5 heterocycles. The molecule has 5 aliphatic rings.